The first-order valence-electron chi connectivity index (χ1n) is 5.63. The third-order valence-corrected chi connectivity index (χ3v) is 2.59. The molecular weight excluding hydrogens is 212 g/mol. The monoisotopic (exact) mass is 228 g/mol. The van der Waals surface area contributed by atoms with Crippen molar-refractivity contribution in [1.82, 2.24) is 4.98 Å². The van der Waals surface area contributed by atoms with E-state index in [1.54, 1.807) is 13.3 Å². The molecule has 88 valence electrons. The van der Waals surface area contributed by atoms with Gasteiger partial charge >= 0.3 is 0 Å². The first kappa shape index (κ1) is 11.6. The molecule has 0 aliphatic heterocycles. The Hall–Kier alpha value is -1.87. The van der Waals surface area contributed by atoms with Crippen LogP contribution in [0.15, 0.2) is 54.7 Å². The molecule has 0 saturated heterocycles. The van der Waals surface area contributed by atoms with Crippen molar-refractivity contribution in [1.29, 1.82) is 0 Å². The Balaban J connectivity index is 1.97. The number of hydrogen-bond acceptors (Lipinski definition) is 3. The van der Waals surface area contributed by atoms with Gasteiger partial charge in [0.1, 0.15) is 5.82 Å². The van der Waals surface area contributed by atoms with Crippen LogP contribution in [0.2, 0.25) is 0 Å². The molecule has 0 aliphatic rings. The van der Waals surface area contributed by atoms with Crippen LogP contribution in [0.3, 0.4) is 0 Å². The van der Waals surface area contributed by atoms with Crippen molar-refractivity contribution in [2.24, 2.45) is 0 Å². The van der Waals surface area contributed by atoms with E-state index in [1.165, 1.54) is 5.56 Å². The molecule has 0 aliphatic carbocycles. The zero-order valence-electron chi connectivity index (χ0n) is 9.84. The van der Waals surface area contributed by atoms with Gasteiger partial charge in [0.05, 0.1) is 6.10 Å². The maximum atomic E-state index is 5.47. The Morgan fingerprint density at radius 1 is 1.12 bits per heavy atom. The fourth-order valence-electron chi connectivity index (χ4n) is 1.67. The minimum absolute atomic E-state index is 0.0400. The van der Waals surface area contributed by atoms with Crippen molar-refractivity contribution in [2.75, 3.05) is 19.0 Å². The molecule has 1 atom stereocenters. The molecule has 0 fully saturated rings. The highest BCUT2D eigenvalue weighted by molar-refractivity contribution is 5.34. The predicted octanol–water partition coefficient (Wildman–Crippen LogP) is 2.88. The van der Waals surface area contributed by atoms with Crippen molar-refractivity contribution >= 4 is 5.82 Å². The highest BCUT2D eigenvalue weighted by Crippen LogP contribution is 2.16. The van der Waals surface area contributed by atoms with Gasteiger partial charge in [-0.3, -0.25) is 0 Å². The van der Waals surface area contributed by atoms with Gasteiger partial charge in [-0.15, -0.1) is 0 Å². The van der Waals surface area contributed by atoms with E-state index in [-0.39, 0.29) is 6.10 Å². The average Bonchev–Trinajstić information content (AvgIpc) is 2.42. The molecule has 3 heteroatoms. The number of anilines is 1. The topological polar surface area (TPSA) is 34.1 Å². The summed E-state index contributed by atoms with van der Waals surface area (Å²) in [4.78, 5) is 4.21. The first-order valence-corrected chi connectivity index (χ1v) is 5.63. The summed E-state index contributed by atoms with van der Waals surface area (Å²) in [6, 6.07) is 16.0. The van der Waals surface area contributed by atoms with Crippen LogP contribution in [0, 0.1) is 0 Å². The maximum absolute atomic E-state index is 5.47. The number of rotatable bonds is 5. The number of hydrogen-bond donors (Lipinski definition) is 1. The van der Waals surface area contributed by atoms with E-state index in [4.69, 9.17) is 4.74 Å². The molecule has 0 amide bonds. The lowest BCUT2D eigenvalue weighted by atomic mass is 10.1. The number of ether oxygens (including phenoxy) is 1. The summed E-state index contributed by atoms with van der Waals surface area (Å²) in [5.41, 5.74) is 1.17. The summed E-state index contributed by atoms with van der Waals surface area (Å²) < 4.78 is 5.47. The van der Waals surface area contributed by atoms with Crippen molar-refractivity contribution in [2.45, 2.75) is 6.10 Å². The lowest BCUT2D eigenvalue weighted by Gasteiger charge is -2.16. The molecular formula is C14H16N2O. The van der Waals surface area contributed by atoms with E-state index in [0.717, 1.165) is 5.82 Å². The molecule has 0 bridgehead atoms. The maximum Gasteiger partial charge on any atom is 0.125 e. The second kappa shape index (κ2) is 6.01. The second-order valence-electron chi connectivity index (χ2n) is 3.73. The molecule has 2 aromatic rings. The van der Waals surface area contributed by atoms with E-state index >= 15 is 0 Å². The van der Waals surface area contributed by atoms with Gasteiger partial charge in [0.25, 0.3) is 0 Å². The molecule has 2 rings (SSSR count). The van der Waals surface area contributed by atoms with Crippen molar-refractivity contribution in [3.63, 3.8) is 0 Å². The van der Waals surface area contributed by atoms with Crippen molar-refractivity contribution < 1.29 is 4.74 Å². The minimum atomic E-state index is 0.0400. The van der Waals surface area contributed by atoms with E-state index in [9.17, 15) is 0 Å². The van der Waals surface area contributed by atoms with Crippen LogP contribution in [0.25, 0.3) is 0 Å². The summed E-state index contributed by atoms with van der Waals surface area (Å²) in [6.07, 6.45) is 1.81. The zero-order valence-corrected chi connectivity index (χ0v) is 9.84. The van der Waals surface area contributed by atoms with Gasteiger partial charge in [0.2, 0.25) is 0 Å². The predicted molar refractivity (Wildman–Crippen MR) is 68.9 cm³/mol. The average molecular weight is 228 g/mol. The van der Waals surface area contributed by atoms with Gasteiger partial charge in [-0.05, 0) is 17.7 Å². The number of aromatic nitrogens is 1. The third kappa shape index (κ3) is 3.29. The quantitative estimate of drug-likeness (QED) is 0.854. The van der Waals surface area contributed by atoms with Gasteiger partial charge in [-0.25, -0.2) is 4.98 Å². The molecule has 1 N–H and O–H groups in total. The Kier molecular flexibility index (Phi) is 4.11. The molecule has 1 heterocycles. The van der Waals surface area contributed by atoms with Crippen LogP contribution in [0.1, 0.15) is 11.7 Å². The standard InChI is InChI=1S/C14H16N2O/c1-17-13(12-7-3-2-4-8-12)11-16-14-9-5-6-10-15-14/h2-10,13H,11H2,1H3,(H,15,16)/t13-/m1/s1. The highest BCUT2D eigenvalue weighted by atomic mass is 16.5. The molecule has 3 nitrogen and oxygen atoms in total. The second-order valence-corrected chi connectivity index (χ2v) is 3.73. The van der Waals surface area contributed by atoms with E-state index in [2.05, 4.69) is 22.4 Å². The molecule has 1 aromatic heterocycles. The van der Waals surface area contributed by atoms with E-state index in [0.29, 0.717) is 6.54 Å². The lowest BCUT2D eigenvalue weighted by molar-refractivity contribution is 0.114. The smallest absolute Gasteiger partial charge is 0.125 e. The van der Waals surface area contributed by atoms with Gasteiger partial charge in [0, 0.05) is 19.9 Å². The third-order valence-electron chi connectivity index (χ3n) is 2.59. The highest BCUT2D eigenvalue weighted by Gasteiger charge is 2.09. The van der Waals surface area contributed by atoms with Crippen LogP contribution in [0.4, 0.5) is 5.82 Å². The van der Waals surface area contributed by atoms with Gasteiger partial charge in [-0.2, -0.15) is 0 Å². The number of nitrogens with zero attached hydrogens (tertiary/aromatic N) is 1. The molecule has 17 heavy (non-hydrogen) atoms. The number of pyridine rings is 1. The normalized spacial score (nSPS) is 12.1. The van der Waals surface area contributed by atoms with E-state index in [1.807, 2.05) is 36.4 Å². The van der Waals surface area contributed by atoms with Crippen LogP contribution in [-0.2, 0) is 4.74 Å². The Morgan fingerprint density at radius 2 is 1.88 bits per heavy atom. The number of benzene rings is 1. The van der Waals surface area contributed by atoms with Gasteiger partial charge in [0.15, 0.2) is 0 Å². The van der Waals surface area contributed by atoms with Crippen molar-refractivity contribution in [3.8, 4) is 0 Å². The van der Waals surface area contributed by atoms with Crippen LogP contribution < -0.4 is 5.32 Å². The Labute approximate surface area is 101 Å². The van der Waals surface area contributed by atoms with Crippen LogP contribution in [-0.4, -0.2) is 18.6 Å². The summed E-state index contributed by atoms with van der Waals surface area (Å²) in [7, 11) is 1.72. The fourth-order valence-corrected chi connectivity index (χ4v) is 1.67. The van der Waals surface area contributed by atoms with Crippen LogP contribution >= 0.6 is 0 Å². The molecule has 0 radical (unpaired) electrons. The summed E-state index contributed by atoms with van der Waals surface area (Å²) in [5.74, 6) is 0.866. The fraction of sp³-hybridized carbons (Fsp3) is 0.214. The van der Waals surface area contributed by atoms with Gasteiger partial charge in [-0.1, -0.05) is 36.4 Å². The number of methoxy groups -OCH3 is 1. The molecule has 0 saturated carbocycles. The van der Waals surface area contributed by atoms with E-state index < -0.39 is 0 Å². The van der Waals surface area contributed by atoms with Crippen molar-refractivity contribution in [3.05, 3.63) is 60.3 Å². The summed E-state index contributed by atoms with van der Waals surface area (Å²) >= 11 is 0. The summed E-state index contributed by atoms with van der Waals surface area (Å²) in [5, 5.41) is 3.26. The molecule has 0 unspecified atom stereocenters. The van der Waals surface area contributed by atoms with Gasteiger partial charge < -0.3 is 10.1 Å². The zero-order chi connectivity index (χ0) is 11.9. The number of nitrogens with one attached hydrogen (secondary N) is 1. The first-order chi connectivity index (χ1) is 8.40. The lowest BCUT2D eigenvalue weighted by Crippen LogP contribution is -2.14. The SMILES string of the molecule is CO[C@H](CNc1ccccn1)c1ccccc1. The Morgan fingerprint density at radius 3 is 2.53 bits per heavy atom. The molecule has 1 aromatic carbocycles. The minimum Gasteiger partial charge on any atom is -0.375 e. The largest absolute Gasteiger partial charge is 0.375 e. The Bertz CT molecular complexity index is 430. The molecule has 0 spiro atoms. The van der Waals surface area contributed by atoms with Crippen LogP contribution in [0.5, 0.6) is 0 Å². The summed E-state index contributed by atoms with van der Waals surface area (Å²) in [6.45, 7) is 0.706.